The highest BCUT2D eigenvalue weighted by molar-refractivity contribution is 5.68. The molecule has 0 aromatic carbocycles. The Morgan fingerprint density at radius 2 is 0.870 bits per heavy atom. The Kier molecular flexibility index (Phi) is 291. The molecule has 0 atom stereocenters. The predicted octanol–water partition coefficient (Wildman–Crippen LogP) is 9.27. The molecule has 156 valence electrons. The monoisotopic (exact) mass is 344 g/mol. The van der Waals surface area contributed by atoms with Crippen molar-refractivity contribution >= 4 is 5.97 Å². The summed E-state index contributed by atoms with van der Waals surface area (Å²) in [7, 11) is 1.38. The van der Waals surface area contributed by atoms with E-state index in [-0.39, 0.29) is 43.1 Å². The van der Waals surface area contributed by atoms with Crippen molar-refractivity contribution in [3.8, 4) is 0 Å². The highest BCUT2D eigenvalue weighted by Crippen LogP contribution is 1.81. The second kappa shape index (κ2) is 100. The Morgan fingerprint density at radius 3 is 0.870 bits per heavy atom. The van der Waals surface area contributed by atoms with Gasteiger partial charge >= 0.3 is 5.97 Å². The predicted molar refractivity (Wildman–Crippen MR) is 120 cm³/mol. The standard InChI is InChI=1S/C4H8O2.C4H10.2C3H8.C2H6.5CH4/c1-3-4(5)6-2;1-4(2)3;2*1-3-2;1-2;;;;;/h3H2,1-2H3;4H,1-3H3;2*3H2,1-2H3;1-2H3;5*1H4. The molecule has 0 aromatic rings. The van der Waals surface area contributed by atoms with Gasteiger partial charge in [0, 0.05) is 6.42 Å². The molecule has 0 aromatic heterocycles. The molecule has 2 heteroatoms. The quantitative estimate of drug-likeness (QED) is 0.443. The Bertz CT molecular complexity index is 89.3. The van der Waals surface area contributed by atoms with Crippen molar-refractivity contribution in [2.75, 3.05) is 7.11 Å². The van der Waals surface area contributed by atoms with Gasteiger partial charge in [0.05, 0.1) is 7.11 Å². The summed E-state index contributed by atoms with van der Waals surface area (Å²) in [6.45, 7) is 20.8. The van der Waals surface area contributed by atoms with Gasteiger partial charge in [0.25, 0.3) is 0 Å². The molecule has 0 saturated heterocycles. The highest BCUT2D eigenvalue weighted by Gasteiger charge is 1.87. The topological polar surface area (TPSA) is 26.3 Å². The van der Waals surface area contributed by atoms with E-state index < -0.39 is 0 Å². The Labute approximate surface area is 154 Å². The van der Waals surface area contributed by atoms with Crippen LogP contribution in [0.1, 0.15) is 126 Å². The van der Waals surface area contributed by atoms with Crippen LogP contribution in [0.5, 0.6) is 0 Å². The van der Waals surface area contributed by atoms with Crippen LogP contribution in [0.3, 0.4) is 0 Å². The number of esters is 1. The van der Waals surface area contributed by atoms with Crippen molar-refractivity contribution < 1.29 is 9.53 Å². The molecule has 0 heterocycles. The summed E-state index contributed by atoms with van der Waals surface area (Å²) in [4.78, 5) is 9.96. The maximum absolute atomic E-state index is 9.96. The normalized spacial score (nSPS) is 5.39. The van der Waals surface area contributed by atoms with E-state index in [1.807, 2.05) is 13.8 Å². The minimum Gasteiger partial charge on any atom is -0.469 e. The summed E-state index contributed by atoms with van der Waals surface area (Å²) in [5.74, 6) is 0.676. The lowest BCUT2D eigenvalue weighted by molar-refractivity contribution is -0.140. The lowest BCUT2D eigenvalue weighted by Gasteiger charge is -1.87. The first kappa shape index (κ1) is 66.6. The number of hydrogen-bond acceptors (Lipinski definition) is 2. The Balaban J connectivity index is -0.0000000114. The maximum atomic E-state index is 9.96. The smallest absolute Gasteiger partial charge is 0.305 e. The van der Waals surface area contributed by atoms with E-state index in [9.17, 15) is 4.79 Å². The summed E-state index contributed by atoms with van der Waals surface area (Å²) in [5.41, 5.74) is 0. The summed E-state index contributed by atoms with van der Waals surface area (Å²) >= 11 is 0. The summed E-state index contributed by atoms with van der Waals surface area (Å²) < 4.78 is 4.26. The van der Waals surface area contributed by atoms with Gasteiger partial charge in [-0.1, -0.05) is 119 Å². The minimum absolute atomic E-state index is 0. The fourth-order valence-electron chi connectivity index (χ4n) is 0.144. The lowest BCUT2D eigenvalue weighted by atomic mass is 10.3. The van der Waals surface area contributed by atoms with Gasteiger partial charge in [0.2, 0.25) is 0 Å². The van der Waals surface area contributed by atoms with Crippen molar-refractivity contribution in [3.63, 3.8) is 0 Å². The van der Waals surface area contributed by atoms with E-state index in [1.165, 1.54) is 20.0 Å². The molecule has 0 rings (SSSR count). The number of ether oxygens (including phenoxy) is 1. The largest absolute Gasteiger partial charge is 0.469 e. The molecule has 0 bridgehead atoms. The van der Waals surface area contributed by atoms with Crippen LogP contribution in [0, 0.1) is 5.92 Å². The SMILES string of the molecule is C.C.C.C.C.CC.CC(C)C.CCC.CCC.CCC(=O)OC. The van der Waals surface area contributed by atoms with E-state index in [4.69, 9.17) is 0 Å². The van der Waals surface area contributed by atoms with Gasteiger partial charge in [-0.2, -0.15) is 0 Å². The molecule has 0 aliphatic rings. The first-order valence-electron chi connectivity index (χ1n) is 7.44. The zero-order chi connectivity index (χ0) is 16.0. The number of carbonyl (C=O) groups is 1. The molecule has 0 saturated carbocycles. The fourth-order valence-corrected chi connectivity index (χ4v) is 0.144. The maximum Gasteiger partial charge on any atom is 0.305 e. The van der Waals surface area contributed by atoms with Crippen LogP contribution in [0.15, 0.2) is 0 Å². The van der Waals surface area contributed by atoms with Gasteiger partial charge in [0.15, 0.2) is 0 Å². The Morgan fingerprint density at radius 1 is 0.739 bits per heavy atom. The molecule has 2 nitrogen and oxygen atoms in total. The van der Waals surface area contributed by atoms with Crippen molar-refractivity contribution in [1.29, 1.82) is 0 Å². The molecule has 0 aliphatic carbocycles. The van der Waals surface area contributed by atoms with Crippen LogP contribution in [-0.4, -0.2) is 13.1 Å². The molecule has 0 aliphatic heterocycles. The van der Waals surface area contributed by atoms with E-state index in [0.29, 0.717) is 6.42 Å². The molecule has 0 unspecified atom stereocenters. The molecule has 0 N–H and O–H groups in total. The van der Waals surface area contributed by atoms with Crippen LogP contribution in [0.4, 0.5) is 0 Å². The highest BCUT2D eigenvalue weighted by atomic mass is 16.5. The van der Waals surface area contributed by atoms with Crippen LogP contribution >= 0.6 is 0 Å². The molecule has 0 radical (unpaired) electrons. The summed E-state index contributed by atoms with van der Waals surface area (Å²) in [5, 5.41) is 0. The number of methoxy groups -OCH3 is 1. The van der Waals surface area contributed by atoms with Gasteiger partial charge in [-0.05, 0) is 5.92 Å². The van der Waals surface area contributed by atoms with Gasteiger partial charge in [0.1, 0.15) is 0 Å². The zero-order valence-corrected chi connectivity index (χ0v) is 15.0. The molecular weight excluding hydrogens is 284 g/mol. The number of carbonyl (C=O) groups excluding carboxylic acids is 1. The van der Waals surface area contributed by atoms with Crippen LogP contribution in [0.25, 0.3) is 0 Å². The number of hydrogen-bond donors (Lipinski definition) is 0. The average molecular weight is 345 g/mol. The van der Waals surface area contributed by atoms with Gasteiger partial charge in [-0.15, -0.1) is 0 Å². The first-order valence-corrected chi connectivity index (χ1v) is 7.44. The van der Waals surface area contributed by atoms with Crippen LogP contribution < -0.4 is 0 Å². The number of rotatable bonds is 1. The third kappa shape index (κ3) is 676. The van der Waals surface area contributed by atoms with Gasteiger partial charge < -0.3 is 4.74 Å². The first-order chi connectivity index (χ1) is 8.37. The van der Waals surface area contributed by atoms with Crippen LogP contribution in [-0.2, 0) is 9.53 Å². The molecule has 23 heavy (non-hydrogen) atoms. The molecule has 0 spiro atoms. The van der Waals surface area contributed by atoms with E-state index in [2.05, 4.69) is 53.2 Å². The third-order valence-corrected chi connectivity index (χ3v) is 0.516. The third-order valence-electron chi connectivity index (χ3n) is 0.516. The second-order valence-corrected chi connectivity index (χ2v) is 4.08. The summed E-state index contributed by atoms with van der Waals surface area (Å²) in [6, 6.07) is 0. The molecular formula is C21H60O2. The Hall–Kier alpha value is -0.530. The zero-order valence-electron chi connectivity index (χ0n) is 15.0. The van der Waals surface area contributed by atoms with Crippen molar-refractivity contribution in [1.82, 2.24) is 0 Å². The van der Waals surface area contributed by atoms with E-state index in [1.54, 1.807) is 6.92 Å². The fraction of sp³-hybridized carbons (Fsp3) is 0.952. The second-order valence-electron chi connectivity index (χ2n) is 4.08. The van der Waals surface area contributed by atoms with Crippen molar-refractivity contribution in [2.45, 2.75) is 126 Å². The summed E-state index contributed by atoms with van der Waals surface area (Å²) in [6.07, 6.45) is 2.97. The van der Waals surface area contributed by atoms with E-state index in [0.717, 1.165) is 5.92 Å². The lowest BCUT2D eigenvalue weighted by Crippen LogP contribution is -1.94. The molecule has 0 amide bonds. The van der Waals surface area contributed by atoms with Crippen molar-refractivity contribution in [2.24, 2.45) is 5.92 Å². The molecule has 0 fully saturated rings. The van der Waals surface area contributed by atoms with Gasteiger partial charge in [-0.3, -0.25) is 4.79 Å². The van der Waals surface area contributed by atoms with Gasteiger partial charge in [-0.25, -0.2) is 0 Å². The van der Waals surface area contributed by atoms with Crippen molar-refractivity contribution in [3.05, 3.63) is 0 Å². The minimum atomic E-state index is -0.157. The average Bonchev–Trinajstić information content (AvgIpc) is 2.32. The van der Waals surface area contributed by atoms with E-state index >= 15 is 0 Å². The van der Waals surface area contributed by atoms with Crippen LogP contribution in [0.2, 0.25) is 0 Å².